The topological polar surface area (TPSA) is 63.9 Å². The van der Waals surface area contributed by atoms with Gasteiger partial charge in [0.1, 0.15) is 17.2 Å². The molecular formula is C23H26BFN2O4S. The normalized spacial score (nSPS) is 17.1. The van der Waals surface area contributed by atoms with Gasteiger partial charge in [0, 0.05) is 42.3 Å². The number of rotatable bonds is 4. The smallest absolute Gasteiger partial charge is 0.455 e. The Bertz CT molecular complexity index is 1170. The summed E-state index contributed by atoms with van der Waals surface area (Å²) in [5, 5.41) is 3.28. The van der Waals surface area contributed by atoms with Gasteiger partial charge >= 0.3 is 7.12 Å². The van der Waals surface area contributed by atoms with Crippen LogP contribution in [-0.4, -0.2) is 38.3 Å². The molecule has 9 heteroatoms. The summed E-state index contributed by atoms with van der Waals surface area (Å²) in [5.74, 6) is -0.318. The van der Waals surface area contributed by atoms with Crippen LogP contribution in [0.3, 0.4) is 0 Å². The number of thiol groups is 1. The van der Waals surface area contributed by atoms with Crippen molar-refractivity contribution in [2.75, 3.05) is 18.4 Å². The molecule has 168 valence electrons. The highest BCUT2D eigenvalue weighted by atomic mass is 32.1. The zero-order chi connectivity index (χ0) is 23.4. The SMILES string of the molecule is CNC(=O)c1c(-c2ccc(F)cc2)oc2cc(N(C)S)c(B3OC(C)(C)C(C)(C)O3)cc12. The van der Waals surface area contributed by atoms with Crippen LogP contribution < -0.4 is 15.1 Å². The minimum absolute atomic E-state index is 0.310. The number of benzene rings is 2. The molecule has 1 fully saturated rings. The van der Waals surface area contributed by atoms with Gasteiger partial charge in [-0.3, -0.25) is 4.79 Å². The second-order valence-corrected chi connectivity index (χ2v) is 9.51. The predicted molar refractivity (Wildman–Crippen MR) is 128 cm³/mol. The predicted octanol–water partition coefficient (Wildman–Crippen LogP) is 4.18. The quantitative estimate of drug-likeness (QED) is 0.456. The molecule has 32 heavy (non-hydrogen) atoms. The van der Waals surface area contributed by atoms with Crippen LogP contribution in [0.25, 0.3) is 22.3 Å². The first kappa shape index (κ1) is 22.7. The molecule has 1 aliphatic rings. The molecule has 0 unspecified atom stereocenters. The highest BCUT2D eigenvalue weighted by Gasteiger charge is 2.52. The molecule has 0 atom stereocenters. The Hall–Kier alpha value is -2.49. The van der Waals surface area contributed by atoms with Gasteiger partial charge < -0.3 is 23.3 Å². The van der Waals surface area contributed by atoms with Crippen LogP contribution in [0.4, 0.5) is 10.1 Å². The van der Waals surface area contributed by atoms with Crippen LogP contribution in [0.5, 0.6) is 0 Å². The second kappa shape index (κ2) is 7.83. The lowest BCUT2D eigenvalue weighted by atomic mass is 9.77. The summed E-state index contributed by atoms with van der Waals surface area (Å²) in [6, 6.07) is 9.49. The number of fused-ring (bicyclic) bond motifs is 1. The van der Waals surface area contributed by atoms with Crippen molar-refractivity contribution < 1.29 is 22.9 Å². The van der Waals surface area contributed by atoms with Crippen molar-refractivity contribution in [3.63, 3.8) is 0 Å². The molecule has 2 heterocycles. The molecule has 0 saturated carbocycles. The molecule has 3 aromatic rings. The van der Waals surface area contributed by atoms with Crippen LogP contribution in [0.2, 0.25) is 0 Å². The molecule has 2 aromatic carbocycles. The summed E-state index contributed by atoms with van der Waals surface area (Å²) in [6.07, 6.45) is 0. The Morgan fingerprint density at radius 3 is 2.22 bits per heavy atom. The second-order valence-electron chi connectivity index (χ2n) is 8.91. The van der Waals surface area contributed by atoms with Crippen LogP contribution in [0.15, 0.2) is 40.8 Å². The van der Waals surface area contributed by atoms with E-state index in [1.165, 1.54) is 12.1 Å². The third-order valence-corrected chi connectivity index (χ3v) is 6.47. The lowest BCUT2D eigenvalue weighted by Crippen LogP contribution is -2.41. The first-order valence-corrected chi connectivity index (χ1v) is 10.7. The Balaban J connectivity index is 1.96. The first-order chi connectivity index (χ1) is 14.9. The Kier molecular flexibility index (Phi) is 5.55. The summed E-state index contributed by atoms with van der Waals surface area (Å²) < 4.78 is 33.8. The van der Waals surface area contributed by atoms with E-state index in [9.17, 15) is 9.18 Å². The Morgan fingerprint density at radius 1 is 1.09 bits per heavy atom. The summed E-state index contributed by atoms with van der Waals surface area (Å²) in [6.45, 7) is 7.93. The van der Waals surface area contributed by atoms with E-state index >= 15 is 0 Å². The fraction of sp³-hybridized carbons (Fsp3) is 0.348. The largest absolute Gasteiger partial charge is 0.497 e. The number of carbonyl (C=O) groups is 1. The van der Waals surface area contributed by atoms with Gasteiger partial charge in [-0.2, -0.15) is 0 Å². The van der Waals surface area contributed by atoms with Crippen molar-refractivity contribution in [2.24, 2.45) is 0 Å². The fourth-order valence-electron chi connectivity index (χ4n) is 3.74. The number of carbonyl (C=O) groups excluding carboxylic acids is 1. The van der Waals surface area contributed by atoms with E-state index in [2.05, 4.69) is 18.1 Å². The lowest BCUT2D eigenvalue weighted by Gasteiger charge is -2.32. The highest BCUT2D eigenvalue weighted by Crippen LogP contribution is 2.39. The summed E-state index contributed by atoms with van der Waals surface area (Å²) >= 11 is 4.49. The molecule has 4 rings (SSSR count). The number of anilines is 1. The Morgan fingerprint density at radius 2 is 1.69 bits per heavy atom. The van der Waals surface area contributed by atoms with E-state index in [0.717, 1.165) is 11.2 Å². The minimum atomic E-state index is -0.657. The maximum absolute atomic E-state index is 13.5. The van der Waals surface area contributed by atoms with Crippen molar-refractivity contribution in [2.45, 2.75) is 38.9 Å². The number of hydrogen-bond acceptors (Lipinski definition) is 6. The van der Waals surface area contributed by atoms with Gasteiger partial charge in [0.05, 0.1) is 16.8 Å². The molecule has 0 aliphatic carbocycles. The van der Waals surface area contributed by atoms with E-state index in [0.29, 0.717) is 27.9 Å². The van der Waals surface area contributed by atoms with Gasteiger partial charge in [0.15, 0.2) is 0 Å². The minimum Gasteiger partial charge on any atom is -0.455 e. The number of halogens is 1. The number of furan rings is 1. The average molecular weight is 456 g/mol. The van der Waals surface area contributed by atoms with Gasteiger partial charge in [-0.05, 0) is 58.0 Å². The molecule has 1 amide bonds. The average Bonchev–Trinajstić information content (AvgIpc) is 3.20. The van der Waals surface area contributed by atoms with Gasteiger partial charge in [-0.15, -0.1) is 0 Å². The van der Waals surface area contributed by atoms with Gasteiger partial charge in [-0.25, -0.2) is 4.39 Å². The van der Waals surface area contributed by atoms with Crippen LogP contribution in [0.1, 0.15) is 38.1 Å². The molecule has 1 aliphatic heterocycles. The van der Waals surface area contributed by atoms with E-state index in [1.807, 2.05) is 39.8 Å². The fourth-order valence-corrected chi connectivity index (χ4v) is 3.92. The third-order valence-electron chi connectivity index (χ3n) is 6.25. The summed E-state index contributed by atoms with van der Waals surface area (Å²) in [4.78, 5) is 12.9. The van der Waals surface area contributed by atoms with E-state index in [4.69, 9.17) is 13.7 Å². The lowest BCUT2D eigenvalue weighted by molar-refractivity contribution is 0.00578. The zero-order valence-electron chi connectivity index (χ0n) is 18.9. The number of hydrogen-bond donors (Lipinski definition) is 2. The highest BCUT2D eigenvalue weighted by molar-refractivity contribution is 7.81. The van der Waals surface area contributed by atoms with Crippen molar-refractivity contribution >= 4 is 48.0 Å². The van der Waals surface area contributed by atoms with Crippen molar-refractivity contribution in [1.29, 1.82) is 0 Å². The van der Waals surface area contributed by atoms with Crippen molar-refractivity contribution in [3.8, 4) is 11.3 Å². The summed E-state index contributed by atoms with van der Waals surface area (Å²) in [7, 11) is 2.69. The van der Waals surface area contributed by atoms with Gasteiger partial charge in [0.25, 0.3) is 5.91 Å². The Labute approximate surface area is 192 Å². The molecular weight excluding hydrogens is 430 g/mol. The molecule has 0 radical (unpaired) electrons. The van der Waals surface area contributed by atoms with Gasteiger partial charge in [-0.1, -0.05) is 12.8 Å². The first-order valence-electron chi connectivity index (χ1n) is 10.3. The van der Waals surface area contributed by atoms with Crippen LogP contribution in [0, 0.1) is 5.82 Å². The molecule has 1 N–H and O–H groups in total. The summed E-state index contributed by atoms with van der Waals surface area (Å²) in [5.41, 5.74) is 1.85. The molecule has 0 bridgehead atoms. The number of nitrogens with zero attached hydrogens (tertiary/aromatic N) is 1. The van der Waals surface area contributed by atoms with Crippen molar-refractivity contribution in [3.05, 3.63) is 47.8 Å². The zero-order valence-corrected chi connectivity index (χ0v) is 19.8. The van der Waals surface area contributed by atoms with Crippen LogP contribution in [-0.2, 0) is 9.31 Å². The third kappa shape index (κ3) is 3.68. The molecule has 1 aromatic heterocycles. The van der Waals surface area contributed by atoms with E-state index in [-0.39, 0.29) is 11.7 Å². The molecule has 0 spiro atoms. The molecule has 1 saturated heterocycles. The van der Waals surface area contributed by atoms with Gasteiger partial charge in [0.2, 0.25) is 0 Å². The number of nitrogens with one attached hydrogen (secondary N) is 1. The van der Waals surface area contributed by atoms with E-state index < -0.39 is 18.3 Å². The maximum atomic E-state index is 13.5. The monoisotopic (exact) mass is 456 g/mol. The number of amides is 1. The van der Waals surface area contributed by atoms with E-state index in [1.54, 1.807) is 30.5 Å². The van der Waals surface area contributed by atoms with Crippen LogP contribution >= 0.6 is 12.8 Å². The van der Waals surface area contributed by atoms with Crippen molar-refractivity contribution in [1.82, 2.24) is 5.32 Å². The maximum Gasteiger partial charge on any atom is 0.497 e. The standard InChI is InChI=1S/C23H26BFN2O4S/c1-22(2)23(3,4)31-24(30-22)16-11-15-18(12-17(16)27(6)32)29-20(19(15)21(28)26-5)13-7-9-14(25)10-8-13/h7-12,32H,1-6H3,(H,26,28). The molecule has 6 nitrogen and oxygen atoms in total.